The molecule has 0 aliphatic heterocycles. The first-order valence-electron chi connectivity index (χ1n) is 8.03. The van der Waals surface area contributed by atoms with E-state index in [4.69, 9.17) is 9.47 Å². The molecule has 1 heterocycles. The summed E-state index contributed by atoms with van der Waals surface area (Å²) in [5.41, 5.74) is 1.40. The van der Waals surface area contributed by atoms with Gasteiger partial charge in [0.2, 0.25) is 0 Å². The van der Waals surface area contributed by atoms with Crippen molar-refractivity contribution < 1.29 is 9.47 Å². The Hall–Kier alpha value is -3.27. The molecule has 4 nitrogen and oxygen atoms in total. The molecule has 4 aromatic rings. The predicted molar refractivity (Wildman–Crippen MR) is 99.9 cm³/mol. The maximum absolute atomic E-state index is 12.4. The third-order valence-electron chi connectivity index (χ3n) is 4.36. The van der Waals surface area contributed by atoms with Gasteiger partial charge in [0.1, 0.15) is 11.5 Å². The Balaban J connectivity index is 1.81. The first-order valence-corrected chi connectivity index (χ1v) is 8.03. The zero-order chi connectivity index (χ0) is 17.4. The van der Waals surface area contributed by atoms with E-state index in [1.807, 2.05) is 67.6 Å². The van der Waals surface area contributed by atoms with E-state index in [0.29, 0.717) is 11.5 Å². The second-order valence-corrected chi connectivity index (χ2v) is 5.93. The zero-order valence-electron chi connectivity index (χ0n) is 14.0. The molecule has 0 spiro atoms. The van der Waals surface area contributed by atoms with E-state index in [1.54, 1.807) is 7.11 Å². The third kappa shape index (κ3) is 2.72. The van der Waals surface area contributed by atoms with Crippen molar-refractivity contribution in [2.45, 2.75) is 6.92 Å². The van der Waals surface area contributed by atoms with Gasteiger partial charge in [-0.2, -0.15) is 0 Å². The number of aromatic nitrogens is 1. The highest BCUT2D eigenvalue weighted by Crippen LogP contribution is 2.29. The van der Waals surface area contributed by atoms with Gasteiger partial charge in [-0.05, 0) is 48.0 Å². The van der Waals surface area contributed by atoms with Crippen LogP contribution in [0.4, 0.5) is 0 Å². The second-order valence-electron chi connectivity index (χ2n) is 5.93. The lowest BCUT2D eigenvalue weighted by atomic mass is 10.1. The van der Waals surface area contributed by atoms with E-state index in [1.165, 1.54) is 0 Å². The lowest BCUT2D eigenvalue weighted by Gasteiger charge is -2.11. The van der Waals surface area contributed by atoms with Gasteiger partial charge in [-0.15, -0.1) is 0 Å². The number of para-hydroxylation sites is 1. The molecule has 0 unspecified atom stereocenters. The molecular weight excluding hydrogens is 314 g/mol. The number of benzene rings is 3. The molecule has 3 aromatic carbocycles. The number of hydrogen-bond donors (Lipinski definition) is 1. The summed E-state index contributed by atoms with van der Waals surface area (Å²) < 4.78 is 11.2. The number of hydrogen-bond acceptors (Lipinski definition) is 3. The highest BCUT2D eigenvalue weighted by Gasteiger charge is 2.11. The zero-order valence-corrected chi connectivity index (χ0v) is 14.0. The molecule has 0 aliphatic carbocycles. The largest absolute Gasteiger partial charge is 0.497 e. The summed E-state index contributed by atoms with van der Waals surface area (Å²) >= 11 is 0. The van der Waals surface area contributed by atoms with Gasteiger partial charge < -0.3 is 14.5 Å². The van der Waals surface area contributed by atoms with Crippen LogP contribution in [-0.4, -0.2) is 12.1 Å². The van der Waals surface area contributed by atoms with Gasteiger partial charge in [-0.25, -0.2) is 0 Å². The molecule has 1 N–H and O–H groups in total. The van der Waals surface area contributed by atoms with E-state index in [2.05, 4.69) is 4.98 Å². The van der Waals surface area contributed by atoms with Crippen LogP contribution in [0, 0.1) is 6.92 Å². The van der Waals surface area contributed by atoms with Crippen molar-refractivity contribution in [3.05, 3.63) is 76.6 Å². The molecule has 4 rings (SSSR count). The standard InChI is InChI=1S/C21H17NO3/c1-13-18-5-3-4-6-19(18)22-21(23)20(13)25-17-10-8-14-7-9-16(24-2)11-15(14)12-17/h3-12H,1-2H3,(H,22,23). The molecule has 25 heavy (non-hydrogen) atoms. The Morgan fingerprint density at radius 1 is 0.880 bits per heavy atom. The molecule has 0 saturated carbocycles. The van der Waals surface area contributed by atoms with Crippen molar-refractivity contribution >= 4 is 21.7 Å². The van der Waals surface area contributed by atoms with Crippen molar-refractivity contribution in [2.24, 2.45) is 0 Å². The van der Waals surface area contributed by atoms with E-state index in [0.717, 1.165) is 33.0 Å². The Labute approximate surface area is 144 Å². The molecule has 4 heteroatoms. The molecule has 0 atom stereocenters. The molecule has 0 fully saturated rings. The first-order chi connectivity index (χ1) is 12.2. The van der Waals surface area contributed by atoms with Crippen LogP contribution in [0.3, 0.4) is 0 Å². The van der Waals surface area contributed by atoms with Crippen LogP contribution in [0.5, 0.6) is 17.2 Å². The van der Waals surface area contributed by atoms with Gasteiger partial charge in [0.15, 0.2) is 5.75 Å². The molecule has 0 radical (unpaired) electrons. The van der Waals surface area contributed by atoms with Crippen LogP contribution in [0.25, 0.3) is 21.7 Å². The minimum absolute atomic E-state index is 0.234. The molecule has 124 valence electrons. The Bertz CT molecular complexity index is 1140. The maximum atomic E-state index is 12.4. The quantitative estimate of drug-likeness (QED) is 0.587. The fourth-order valence-corrected chi connectivity index (χ4v) is 3.02. The van der Waals surface area contributed by atoms with Crippen LogP contribution in [0.2, 0.25) is 0 Å². The number of H-pyrrole nitrogens is 1. The van der Waals surface area contributed by atoms with Crippen molar-refractivity contribution in [1.82, 2.24) is 4.98 Å². The van der Waals surface area contributed by atoms with E-state index >= 15 is 0 Å². The Kier molecular flexibility index (Phi) is 3.65. The topological polar surface area (TPSA) is 51.3 Å². The van der Waals surface area contributed by atoms with Crippen molar-refractivity contribution in [3.63, 3.8) is 0 Å². The third-order valence-corrected chi connectivity index (χ3v) is 4.36. The minimum Gasteiger partial charge on any atom is -0.497 e. The summed E-state index contributed by atoms with van der Waals surface area (Å²) in [5, 5.41) is 3.04. The van der Waals surface area contributed by atoms with Crippen molar-refractivity contribution in [3.8, 4) is 17.2 Å². The number of aryl methyl sites for hydroxylation is 1. The van der Waals surface area contributed by atoms with Gasteiger partial charge >= 0.3 is 0 Å². The summed E-state index contributed by atoms with van der Waals surface area (Å²) in [6, 6.07) is 19.3. The highest BCUT2D eigenvalue weighted by molar-refractivity contribution is 5.86. The average molecular weight is 331 g/mol. The lowest BCUT2D eigenvalue weighted by molar-refractivity contribution is 0.415. The number of aromatic amines is 1. The number of methoxy groups -OCH3 is 1. The van der Waals surface area contributed by atoms with Crippen LogP contribution in [0.1, 0.15) is 5.56 Å². The Morgan fingerprint density at radius 3 is 2.40 bits per heavy atom. The van der Waals surface area contributed by atoms with Gasteiger partial charge in [-0.1, -0.05) is 30.3 Å². The summed E-state index contributed by atoms with van der Waals surface area (Å²) in [5.74, 6) is 1.72. The van der Waals surface area contributed by atoms with Crippen molar-refractivity contribution in [2.75, 3.05) is 7.11 Å². The SMILES string of the molecule is COc1ccc2ccc(Oc3c(C)c4ccccc4[nH]c3=O)cc2c1. The van der Waals surface area contributed by atoms with E-state index in [9.17, 15) is 4.79 Å². The summed E-state index contributed by atoms with van der Waals surface area (Å²) in [6.45, 7) is 1.90. The van der Waals surface area contributed by atoms with E-state index < -0.39 is 0 Å². The fraction of sp³-hybridized carbons (Fsp3) is 0.0952. The number of fused-ring (bicyclic) bond motifs is 2. The molecule has 0 amide bonds. The van der Waals surface area contributed by atoms with Crippen molar-refractivity contribution in [1.29, 1.82) is 0 Å². The Morgan fingerprint density at radius 2 is 1.60 bits per heavy atom. The number of pyridine rings is 1. The predicted octanol–water partition coefficient (Wildman–Crippen LogP) is 4.79. The van der Waals surface area contributed by atoms with Crippen LogP contribution >= 0.6 is 0 Å². The number of ether oxygens (including phenoxy) is 2. The van der Waals surface area contributed by atoms with Crippen LogP contribution < -0.4 is 15.0 Å². The fourth-order valence-electron chi connectivity index (χ4n) is 3.02. The monoisotopic (exact) mass is 331 g/mol. The highest BCUT2D eigenvalue weighted by atomic mass is 16.5. The normalized spacial score (nSPS) is 11.0. The van der Waals surface area contributed by atoms with Gasteiger partial charge in [-0.3, -0.25) is 4.79 Å². The van der Waals surface area contributed by atoms with Gasteiger partial charge in [0, 0.05) is 16.5 Å². The summed E-state index contributed by atoms with van der Waals surface area (Å²) in [6.07, 6.45) is 0. The van der Waals surface area contributed by atoms with Gasteiger partial charge in [0.25, 0.3) is 5.56 Å². The van der Waals surface area contributed by atoms with Crippen LogP contribution in [-0.2, 0) is 0 Å². The lowest BCUT2D eigenvalue weighted by Crippen LogP contribution is -2.10. The molecule has 0 aliphatic rings. The molecule has 0 saturated heterocycles. The van der Waals surface area contributed by atoms with Gasteiger partial charge in [0.05, 0.1) is 7.11 Å². The van der Waals surface area contributed by atoms with Crippen LogP contribution in [0.15, 0.2) is 65.5 Å². The van der Waals surface area contributed by atoms with E-state index in [-0.39, 0.29) is 5.56 Å². The summed E-state index contributed by atoms with van der Waals surface area (Å²) in [7, 11) is 1.64. The maximum Gasteiger partial charge on any atom is 0.291 e. The molecule has 1 aromatic heterocycles. The number of nitrogens with one attached hydrogen (secondary N) is 1. The molecule has 0 bridgehead atoms. The number of rotatable bonds is 3. The molecular formula is C21H17NO3. The first kappa shape index (κ1) is 15.3. The smallest absolute Gasteiger partial charge is 0.291 e. The minimum atomic E-state index is -0.234. The summed E-state index contributed by atoms with van der Waals surface area (Å²) in [4.78, 5) is 15.3. The second kappa shape index (κ2) is 5.98. The average Bonchev–Trinajstić information content (AvgIpc) is 2.64.